The molecule has 9 heteroatoms. The molecule has 1 aromatic heterocycles. The van der Waals surface area contributed by atoms with Crippen LogP contribution in [0.1, 0.15) is 17.4 Å². The van der Waals surface area contributed by atoms with Crippen molar-refractivity contribution in [3.05, 3.63) is 45.2 Å². The molecule has 2 rings (SSSR count). The van der Waals surface area contributed by atoms with Gasteiger partial charge in [-0.3, -0.25) is 10.1 Å². The molecule has 0 spiro atoms. The van der Waals surface area contributed by atoms with Crippen LogP contribution >= 0.6 is 11.6 Å². The van der Waals surface area contributed by atoms with Gasteiger partial charge >= 0.3 is 5.97 Å². The van der Waals surface area contributed by atoms with Gasteiger partial charge in [-0.25, -0.2) is 4.79 Å². The number of hydrogen-bond acceptors (Lipinski definition) is 6. The number of hydrogen-bond donors (Lipinski definition) is 0. The summed E-state index contributed by atoms with van der Waals surface area (Å²) in [7, 11) is 0. The second-order valence-electron chi connectivity index (χ2n) is 3.64. The number of carbonyl (C=O) groups excluding carboxylic acids is 1. The zero-order valence-electron chi connectivity index (χ0n) is 10.3. The number of aromatic nitrogens is 3. The molecule has 8 nitrogen and oxygen atoms in total. The molecule has 0 amide bonds. The summed E-state index contributed by atoms with van der Waals surface area (Å²) in [6, 6.07) is 4.02. The van der Waals surface area contributed by atoms with Crippen LogP contribution in [-0.4, -0.2) is 32.5 Å². The minimum atomic E-state index is -0.665. The Morgan fingerprint density at radius 2 is 2.30 bits per heavy atom. The number of carbonyl (C=O) groups is 1. The van der Waals surface area contributed by atoms with Gasteiger partial charge in [-0.05, 0) is 19.1 Å². The molecule has 0 fully saturated rings. The molecule has 0 unspecified atom stereocenters. The Hall–Kier alpha value is -2.48. The molecule has 0 aliphatic carbocycles. The van der Waals surface area contributed by atoms with Crippen LogP contribution in [0.5, 0.6) is 0 Å². The van der Waals surface area contributed by atoms with Gasteiger partial charge in [-0.1, -0.05) is 16.8 Å². The van der Waals surface area contributed by atoms with Gasteiger partial charge in [0.25, 0.3) is 5.69 Å². The predicted octanol–water partition coefficient (Wildman–Crippen LogP) is 2.01. The largest absolute Gasteiger partial charge is 0.461 e. The van der Waals surface area contributed by atoms with Crippen LogP contribution in [-0.2, 0) is 4.74 Å². The van der Waals surface area contributed by atoms with Crippen molar-refractivity contribution in [2.24, 2.45) is 0 Å². The first-order valence-electron chi connectivity index (χ1n) is 5.56. The lowest BCUT2D eigenvalue weighted by atomic mass is 10.2. The summed E-state index contributed by atoms with van der Waals surface area (Å²) in [4.78, 5) is 22.2. The van der Waals surface area contributed by atoms with Crippen LogP contribution in [0.4, 0.5) is 5.69 Å². The molecule has 0 atom stereocenters. The lowest BCUT2D eigenvalue weighted by Gasteiger charge is -2.06. The van der Waals surface area contributed by atoms with Gasteiger partial charge in [0.05, 0.1) is 17.7 Å². The molecule has 0 aliphatic rings. The third kappa shape index (κ3) is 2.59. The van der Waals surface area contributed by atoms with Crippen LogP contribution < -0.4 is 0 Å². The van der Waals surface area contributed by atoms with E-state index in [1.165, 1.54) is 24.4 Å². The highest BCUT2D eigenvalue weighted by Gasteiger charge is 2.22. The number of ether oxygens (including phenoxy) is 1. The molecule has 0 saturated carbocycles. The van der Waals surface area contributed by atoms with Crippen molar-refractivity contribution in [1.29, 1.82) is 0 Å². The van der Waals surface area contributed by atoms with E-state index in [2.05, 4.69) is 10.3 Å². The molecule has 1 heterocycles. The van der Waals surface area contributed by atoms with E-state index in [1.807, 2.05) is 0 Å². The summed E-state index contributed by atoms with van der Waals surface area (Å²) >= 11 is 5.73. The van der Waals surface area contributed by atoms with Crippen molar-refractivity contribution in [3.63, 3.8) is 0 Å². The molecule has 0 aliphatic heterocycles. The third-order valence-corrected chi connectivity index (χ3v) is 2.63. The van der Waals surface area contributed by atoms with E-state index in [0.717, 1.165) is 4.68 Å². The van der Waals surface area contributed by atoms with Crippen LogP contribution in [0.25, 0.3) is 5.69 Å². The maximum Gasteiger partial charge on any atom is 0.358 e. The fourth-order valence-electron chi connectivity index (χ4n) is 1.58. The molecule has 1 aromatic carbocycles. The van der Waals surface area contributed by atoms with Crippen molar-refractivity contribution in [1.82, 2.24) is 15.0 Å². The Labute approximate surface area is 118 Å². The molecular formula is C11H9ClN4O4. The van der Waals surface area contributed by atoms with Crippen LogP contribution in [0.15, 0.2) is 24.4 Å². The average Bonchev–Trinajstić information content (AvgIpc) is 2.88. The smallest absolute Gasteiger partial charge is 0.358 e. The number of benzene rings is 1. The van der Waals surface area contributed by atoms with Crippen molar-refractivity contribution in [3.8, 4) is 5.69 Å². The summed E-state index contributed by atoms with van der Waals surface area (Å²) in [6.45, 7) is 1.82. The number of nitro benzene ring substituents is 1. The molecule has 0 saturated heterocycles. The number of nitrogens with zero attached hydrogens (tertiary/aromatic N) is 4. The van der Waals surface area contributed by atoms with Gasteiger partial charge in [0, 0.05) is 11.1 Å². The van der Waals surface area contributed by atoms with Crippen molar-refractivity contribution in [2.45, 2.75) is 6.92 Å². The Morgan fingerprint density at radius 1 is 1.55 bits per heavy atom. The Balaban J connectivity index is 2.55. The molecule has 20 heavy (non-hydrogen) atoms. The lowest BCUT2D eigenvalue weighted by molar-refractivity contribution is -0.384. The van der Waals surface area contributed by atoms with E-state index in [4.69, 9.17) is 16.3 Å². The van der Waals surface area contributed by atoms with E-state index in [0.29, 0.717) is 0 Å². The Kier molecular flexibility index (Phi) is 3.94. The van der Waals surface area contributed by atoms with Gasteiger partial charge in [-0.2, -0.15) is 4.68 Å². The third-order valence-electron chi connectivity index (χ3n) is 2.40. The second kappa shape index (κ2) is 5.66. The summed E-state index contributed by atoms with van der Waals surface area (Å²) in [5, 5.41) is 18.5. The monoisotopic (exact) mass is 296 g/mol. The number of nitro groups is 1. The van der Waals surface area contributed by atoms with Crippen molar-refractivity contribution < 1.29 is 14.5 Å². The highest BCUT2D eigenvalue weighted by molar-refractivity contribution is 6.30. The molecule has 0 N–H and O–H groups in total. The van der Waals surface area contributed by atoms with Gasteiger partial charge in [0.2, 0.25) is 0 Å². The first kappa shape index (κ1) is 13.9. The quantitative estimate of drug-likeness (QED) is 0.486. The van der Waals surface area contributed by atoms with E-state index in [9.17, 15) is 14.9 Å². The molecule has 2 aromatic rings. The molecule has 0 radical (unpaired) electrons. The first-order chi connectivity index (χ1) is 9.54. The average molecular weight is 297 g/mol. The topological polar surface area (TPSA) is 100 Å². The van der Waals surface area contributed by atoms with E-state index >= 15 is 0 Å². The first-order valence-corrected chi connectivity index (χ1v) is 5.94. The summed E-state index contributed by atoms with van der Waals surface area (Å²) in [6.07, 6.45) is 1.18. The second-order valence-corrected chi connectivity index (χ2v) is 4.08. The molecule has 0 bridgehead atoms. The Morgan fingerprint density at radius 3 is 2.95 bits per heavy atom. The zero-order valence-corrected chi connectivity index (χ0v) is 11.1. The van der Waals surface area contributed by atoms with E-state index in [-0.39, 0.29) is 28.7 Å². The van der Waals surface area contributed by atoms with Crippen LogP contribution in [0.2, 0.25) is 5.02 Å². The van der Waals surface area contributed by atoms with E-state index in [1.54, 1.807) is 6.92 Å². The van der Waals surface area contributed by atoms with Gasteiger partial charge in [0.1, 0.15) is 5.69 Å². The predicted molar refractivity (Wildman–Crippen MR) is 69.0 cm³/mol. The highest BCUT2D eigenvalue weighted by Crippen LogP contribution is 2.26. The number of halogens is 1. The normalized spacial score (nSPS) is 10.3. The van der Waals surface area contributed by atoms with Crippen molar-refractivity contribution in [2.75, 3.05) is 6.61 Å². The summed E-state index contributed by atoms with van der Waals surface area (Å²) < 4.78 is 5.88. The minimum Gasteiger partial charge on any atom is -0.461 e. The lowest BCUT2D eigenvalue weighted by Crippen LogP contribution is -2.13. The SMILES string of the molecule is CCOC(=O)c1cnnn1-c1ccc(Cl)cc1[N+](=O)[O-]. The van der Waals surface area contributed by atoms with Gasteiger partial charge in [0.15, 0.2) is 5.69 Å². The maximum absolute atomic E-state index is 11.7. The van der Waals surface area contributed by atoms with E-state index < -0.39 is 10.9 Å². The number of esters is 1. The van der Waals surface area contributed by atoms with Crippen LogP contribution in [0.3, 0.4) is 0 Å². The van der Waals surface area contributed by atoms with Gasteiger partial charge < -0.3 is 4.74 Å². The maximum atomic E-state index is 11.7. The fraction of sp³-hybridized carbons (Fsp3) is 0.182. The summed E-state index contributed by atoms with van der Waals surface area (Å²) in [5.74, 6) is -0.665. The standard InChI is InChI=1S/C11H9ClN4O4/c1-2-20-11(17)10-6-13-14-15(10)8-4-3-7(12)5-9(8)16(18)19/h3-6H,2H2,1H3. The Bertz CT molecular complexity index is 670. The highest BCUT2D eigenvalue weighted by atomic mass is 35.5. The number of rotatable bonds is 4. The molecular weight excluding hydrogens is 288 g/mol. The fourth-order valence-corrected chi connectivity index (χ4v) is 1.75. The minimum absolute atomic E-state index is 0.00253. The van der Waals surface area contributed by atoms with Crippen LogP contribution in [0, 0.1) is 10.1 Å². The van der Waals surface area contributed by atoms with Gasteiger partial charge in [-0.15, -0.1) is 5.10 Å². The van der Waals surface area contributed by atoms with Crippen molar-refractivity contribution >= 4 is 23.3 Å². The zero-order chi connectivity index (χ0) is 14.7. The molecule has 104 valence electrons. The summed E-state index contributed by atoms with van der Waals surface area (Å²) in [5.41, 5.74) is -0.203.